The summed E-state index contributed by atoms with van der Waals surface area (Å²) < 4.78 is 10.6. The monoisotopic (exact) mass is 341 g/mol. The van der Waals surface area contributed by atoms with Crippen LogP contribution in [0.4, 0.5) is 0 Å². The highest BCUT2D eigenvalue weighted by atomic mass is 16.7. The Morgan fingerprint density at radius 1 is 1.21 bits per heavy atom. The quantitative estimate of drug-likeness (QED) is 0.385. The lowest BCUT2D eigenvalue weighted by atomic mass is 9.83. The van der Waals surface area contributed by atoms with Gasteiger partial charge in [-0.25, -0.2) is 0 Å². The van der Waals surface area contributed by atoms with Crippen LogP contribution in [0.15, 0.2) is 0 Å². The summed E-state index contributed by atoms with van der Waals surface area (Å²) in [5.41, 5.74) is 0. The summed E-state index contributed by atoms with van der Waals surface area (Å²) in [7, 11) is 1.72. The van der Waals surface area contributed by atoms with Crippen LogP contribution in [0.2, 0.25) is 0 Å². The lowest BCUT2D eigenvalue weighted by Crippen LogP contribution is -2.49. The van der Waals surface area contributed by atoms with Gasteiger partial charge in [-0.1, -0.05) is 26.7 Å². The molecule has 1 fully saturated rings. The second kappa shape index (κ2) is 9.77. The number of nitrogens with zero attached hydrogens (tertiary/aromatic N) is 1. The molecule has 24 heavy (non-hydrogen) atoms. The van der Waals surface area contributed by atoms with Crippen LogP contribution in [0.3, 0.4) is 0 Å². The normalized spacial score (nSPS) is 24.5. The minimum absolute atomic E-state index is 0.0999. The van der Waals surface area contributed by atoms with Crippen LogP contribution in [0.25, 0.3) is 0 Å². The second-order valence-electron chi connectivity index (χ2n) is 6.65. The molecule has 6 nitrogen and oxygen atoms in total. The van der Waals surface area contributed by atoms with Crippen LogP contribution >= 0.6 is 0 Å². The largest absolute Gasteiger partial charge is 0.436 e. The number of carbonyl (C=O) groups excluding carboxylic acids is 3. The predicted octanol–water partition coefficient (Wildman–Crippen LogP) is 2.40. The van der Waals surface area contributed by atoms with E-state index in [9.17, 15) is 14.4 Å². The number of rotatable bonds is 8. The molecule has 0 aromatic carbocycles. The van der Waals surface area contributed by atoms with Crippen molar-refractivity contribution in [1.82, 2.24) is 4.90 Å². The van der Waals surface area contributed by atoms with Crippen molar-refractivity contribution in [2.24, 2.45) is 17.8 Å². The SMILES string of the molecule is CCOC(C)OC(=O)C1CCCCC1N(C)C(=O)C(C)C(C)C=O. The van der Waals surface area contributed by atoms with E-state index >= 15 is 0 Å². The first-order valence-electron chi connectivity index (χ1n) is 8.87. The second-order valence-corrected chi connectivity index (χ2v) is 6.65. The Balaban J connectivity index is 2.79. The molecule has 0 N–H and O–H groups in total. The Morgan fingerprint density at radius 2 is 1.83 bits per heavy atom. The minimum Gasteiger partial charge on any atom is -0.436 e. The molecule has 6 heteroatoms. The first-order chi connectivity index (χ1) is 11.3. The summed E-state index contributed by atoms with van der Waals surface area (Å²) >= 11 is 0. The smallest absolute Gasteiger partial charge is 0.313 e. The maximum Gasteiger partial charge on any atom is 0.313 e. The van der Waals surface area contributed by atoms with Crippen molar-refractivity contribution in [2.75, 3.05) is 13.7 Å². The van der Waals surface area contributed by atoms with E-state index in [1.165, 1.54) is 0 Å². The Bertz CT molecular complexity index is 439. The van der Waals surface area contributed by atoms with E-state index < -0.39 is 12.2 Å². The maximum atomic E-state index is 12.6. The van der Waals surface area contributed by atoms with Crippen molar-refractivity contribution < 1.29 is 23.9 Å². The van der Waals surface area contributed by atoms with Gasteiger partial charge in [0.25, 0.3) is 0 Å². The van der Waals surface area contributed by atoms with Crippen LogP contribution in [-0.4, -0.2) is 49.0 Å². The van der Waals surface area contributed by atoms with Crippen molar-refractivity contribution in [3.05, 3.63) is 0 Å². The number of hydrogen-bond donors (Lipinski definition) is 0. The summed E-state index contributed by atoms with van der Waals surface area (Å²) in [5, 5.41) is 0. The lowest BCUT2D eigenvalue weighted by Gasteiger charge is -2.38. The van der Waals surface area contributed by atoms with E-state index in [0.717, 1.165) is 25.5 Å². The van der Waals surface area contributed by atoms with Crippen molar-refractivity contribution in [1.29, 1.82) is 0 Å². The molecule has 0 heterocycles. The lowest BCUT2D eigenvalue weighted by molar-refractivity contribution is -0.182. The molecule has 1 amide bonds. The zero-order valence-electron chi connectivity index (χ0n) is 15.5. The van der Waals surface area contributed by atoms with E-state index in [0.29, 0.717) is 13.0 Å². The number of hydrogen-bond acceptors (Lipinski definition) is 5. The fourth-order valence-electron chi connectivity index (χ4n) is 3.20. The van der Waals surface area contributed by atoms with Crippen molar-refractivity contribution in [2.45, 2.75) is 65.7 Å². The molecule has 0 spiro atoms. The van der Waals surface area contributed by atoms with Gasteiger partial charge in [0, 0.05) is 31.5 Å². The molecule has 0 radical (unpaired) electrons. The zero-order valence-corrected chi connectivity index (χ0v) is 15.5. The number of aldehydes is 1. The average molecular weight is 341 g/mol. The van der Waals surface area contributed by atoms with Gasteiger partial charge >= 0.3 is 5.97 Å². The third kappa shape index (κ3) is 5.30. The Hall–Kier alpha value is -1.43. The molecule has 0 aromatic rings. The van der Waals surface area contributed by atoms with Crippen LogP contribution < -0.4 is 0 Å². The average Bonchev–Trinajstić information content (AvgIpc) is 2.59. The molecule has 5 unspecified atom stereocenters. The van der Waals surface area contributed by atoms with Gasteiger partial charge in [0.15, 0.2) is 6.29 Å². The fraction of sp³-hybridized carbons (Fsp3) is 0.833. The molecular weight excluding hydrogens is 310 g/mol. The van der Waals surface area contributed by atoms with E-state index in [2.05, 4.69) is 0 Å². The van der Waals surface area contributed by atoms with Crippen LogP contribution in [0, 0.1) is 17.8 Å². The summed E-state index contributed by atoms with van der Waals surface area (Å²) in [4.78, 5) is 37.7. The summed E-state index contributed by atoms with van der Waals surface area (Å²) in [5.74, 6) is -1.48. The van der Waals surface area contributed by atoms with E-state index in [4.69, 9.17) is 9.47 Å². The highest BCUT2D eigenvalue weighted by Gasteiger charge is 2.38. The fourth-order valence-corrected chi connectivity index (χ4v) is 3.20. The van der Waals surface area contributed by atoms with Crippen molar-refractivity contribution in [3.63, 3.8) is 0 Å². The van der Waals surface area contributed by atoms with Gasteiger partial charge in [-0.2, -0.15) is 0 Å². The number of amides is 1. The molecule has 1 rings (SSSR count). The van der Waals surface area contributed by atoms with Crippen LogP contribution in [0.5, 0.6) is 0 Å². The molecule has 0 saturated heterocycles. The molecule has 5 atom stereocenters. The first kappa shape index (κ1) is 20.6. The van der Waals surface area contributed by atoms with Gasteiger partial charge in [-0.05, 0) is 26.7 Å². The van der Waals surface area contributed by atoms with Gasteiger partial charge in [0.2, 0.25) is 5.91 Å². The number of carbonyl (C=O) groups is 3. The third-order valence-corrected chi connectivity index (χ3v) is 4.95. The maximum absolute atomic E-state index is 12.6. The highest BCUT2D eigenvalue weighted by molar-refractivity contribution is 5.82. The minimum atomic E-state index is -0.583. The van der Waals surface area contributed by atoms with E-state index in [1.807, 2.05) is 6.92 Å². The molecular formula is C18H31NO5. The predicted molar refractivity (Wildman–Crippen MR) is 90.1 cm³/mol. The van der Waals surface area contributed by atoms with Gasteiger partial charge in [0.1, 0.15) is 6.29 Å². The highest BCUT2D eigenvalue weighted by Crippen LogP contribution is 2.30. The molecule has 0 bridgehead atoms. The van der Waals surface area contributed by atoms with Crippen LogP contribution in [-0.2, 0) is 23.9 Å². The molecule has 1 aliphatic carbocycles. The Kier molecular flexibility index (Phi) is 8.39. The summed E-state index contributed by atoms with van der Waals surface area (Å²) in [6.07, 6.45) is 3.62. The summed E-state index contributed by atoms with van der Waals surface area (Å²) in [6, 6.07) is -0.186. The van der Waals surface area contributed by atoms with Crippen LogP contribution in [0.1, 0.15) is 53.4 Å². The molecule has 1 saturated carbocycles. The molecule has 0 aromatic heterocycles. The number of ether oxygens (including phenoxy) is 2. The van der Waals surface area contributed by atoms with Crippen molar-refractivity contribution in [3.8, 4) is 0 Å². The van der Waals surface area contributed by atoms with Gasteiger partial charge in [-0.3, -0.25) is 9.59 Å². The third-order valence-electron chi connectivity index (χ3n) is 4.95. The molecule has 0 aliphatic heterocycles. The van der Waals surface area contributed by atoms with Gasteiger partial charge < -0.3 is 19.2 Å². The molecule has 1 aliphatic rings. The standard InChI is InChI=1S/C18H31NO5/c1-6-23-14(4)24-18(22)15-9-7-8-10-16(15)19(5)17(21)13(3)12(2)11-20/h11-16H,6-10H2,1-5H3. The Labute approximate surface area is 144 Å². The summed E-state index contributed by atoms with van der Waals surface area (Å²) in [6.45, 7) is 7.50. The topological polar surface area (TPSA) is 72.9 Å². The number of esters is 1. The van der Waals surface area contributed by atoms with Gasteiger partial charge in [-0.15, -0.1) is 0 Å². The zero-order chi connectivity index (χ0) is 18.3. The first-order valence-corrected chi connectivity index (χ1v) is 8.87. The molecule has 138 valence electrons. The van der Waals surface area contributed by atoms with E-state index in [-0.39, 0.29) is 29.8 Å². The van der Waals surface area contributed by atoms with E-state index in [1.54, 1.807) is 32.7 Å². The van der Waals surface area contributed by atoms with Gasteiger partial charge in [0.05, 0.1) is 5.92 Å². The van der Waals surface area contributed by atoms with Crippen molar-refractivity contribution >= 4 is 18.2 Å². The Morgan fingerprint density at radius 3 is 2.42 bits per heavy atom.